The molecule has 0 saturated heterocycles. The highest BCUT2D eigenvalue weighted by Gasteiger charge is 2.26. The molecule has 0 atom stereocenters. The summed E-state index contributed by atoms with van der Waals surface area (Å²) < 4.78 is 10.3. The second-order valence-corrected chi connectivity index (χ2v) is 5.32. The lowest BCUT2D eigenvalue weighted by Crippen LogP contribution is -2.12. The highest BCUT2D eigenvalue weighted by Crippen LogP contribution is 2.43. The van der Waals surface area contributed by atoms with Crippen LogP contribution in [0.25, 0.3) is 0 Å². The van der Waals surface area contributed by atoms with Crippen LogP contribution in [0.1, 0.15) is 28.4 Å². The number of phenolic OH excluding ortho intramolecular Hbond substituents is 1. The topological polar surface area (TPSA) is 93.1 Å². The van der Waals surface area contributed by atoms with Crippen molar-refractivity contribution in [1.82, 2.24) is 0 Å². The number of hydrogen-bond acceptors (Lipinski definition) is 6. The van der Waals surface area contributed by atoms with Gasteiger partial charge >= 0.3 is 5.97 Å². The molecule has 0 aromatic heterocycles. The van der Waals surface area contributed by atoms with Crippen molar-refractivity contribution in [3.8, 4) is 17.2 Å². The Kier molecular flexibility index (Phi) is 5.56. The highest BCUT2D eigenvalue weighted by molar-refractivity contribution is 6.11. The molecule has 2 rings (SSSR count). The number of aromatic hydroxyl groups is 1. The lowest BCUT2D eigenvalue weighted by atomic mass is 9.99. The zero-order chi connectivity index (χ0) is 18.6. The monoisotopic (exact) mass is 342 g/mol. The molecule has 0 aliphatic heterocycles. The Morgan fingerprint density at radius 2 is 1.80 bits per heavy atom. The van der Waals surface area contributed by atoms with Gasteiger partial charge in [-0.15, -0.1) is 0 Å². The molecule has 0 saturated carbocycles. The molecule has 6 nitrogen and oxygen atoms in total. The first-order valence-electron chi connectivity index (χ1n) is 7.41. The predicted molar refractivity (Wildman–Crippen MR) is 90.9 cm³/mol. The third-order valence-corrected chi connectivity index (χ3v) is 3.48. The van der Waals surface area contributed by atoms with E-state index in [1.807, 2.05) is 0 Å². The van der Waals surface area contributed by atoms with Crippen LogP contribution in [0, 0.1) is 0 Å². The Morgan fingerprint density at radius 3 is 2.32 bits per heavy atom. The SMILES string of the molecule is C=C(C)C(=O)Oc1c(O)c(C(=O)c2ccccc2)cc(CO)c1OC. The van der Waals surface area contributed by atoms with Crippen LogP contribution in [0.15, 0.2) is 48.6 Å². The van der Waals surface area contributed by atoms with Gasteiger partial charge < -0.3 is 19.7 Å². The van der Waals surface area contributed by atoms with Crippen molar-refractivity contribution in [3.05, 3.63) is 65.2 Å². The average Bonchev–Trinajstić information content (AvgIpc) is 2.62. The summed E-state index contributed by atoms with van der Waals surface area (Å²) in [6.45, 7) is 4.44. The van der Waals surface area contributed by atoms with Crippen LogP contribution in [0.4, 0.5) is 0 Å². The second-order valence-electron chi connectivity index (χ2n) is 5.32. The Balaban J connectivity index is 2.64. The van der Waals surface area contributed by atoms with E-state index in [4.69, 9.17) is 9.47 Å². The summed E-state index contributed by atoms with van der Waals surface area (Å²) in [5.41, 5.74) is 0.528. The zero-order valence-electron chi connectivity index (χ0n) is 13.9. The fraction of sp³-hybridized carbons (Fsp3) is 0.158. The summed E-state index contributed by atoms with van der Waals surface area (Å²) in [4.78, 5) is 24.5. The minimum atomic E-state index is -0.790. The van der Waals surface area contributed by atoms with Crippen LogP contribution >= 0.6 is 0 Å². The highest BCUT2D eigenvalue weighted by atomic mass is 16.6. The molecule has 0 amide bonds. The number of aliphatic hydroxyl groups is 1. The van der Waals surface area contributed by atoms with Crippen molar-refractivity contribution in [2.24, 2.45) is 0 Å². The van der Waals surface area contributed by atoms with E-state index < -0.39 is 24.1 Å². The summed E-state index contributed by atoms with van der Waals surface area (Å²) in [5.74, 6) is -2.18. The van der Waals surface area contributed by atoms with E-state index in [9.17, 15) is 19.8 Å². The van der Waals surface area contributed by atoms with Crippen LogP contribution in [0.3, 0.4) is 0 Å². The summed E-state index contributed by atoms with van der Waals surface area (Å²) in [6.07, 6.45) is 0. The second kappa shape index (κ2) is 7.63. The van der Waals surface area contributed by atoms with Gasteiger partial charge in [0.1, 0.15) is 0 Å². The van der Waals surface area contributed by atoms with E-state index in [2.05, 4.69) is 6.58 Å². The van der Waals surface area contributed by atoms with Crippen LogP contribution in [-0.4, -0.2) is 29.1 Å². The number of rotatable bonds is 6. The number of carbonyl (C=O) groups is 2. The number of aliphatic hydroxyl groups excluding tert-OH is 1. The lowest BCUT2D eigenvalue weighted by molar-refractivity contribution is -0.130. The molecule has 0 aliphatic carbocycles. The summed E-state index contributed by atoms with van der Waals surface area (Å²) in [6, 6.07) is 9.60. The molecule has 0 bridgehead atoms. The quantitative estimate of drug-likeness (QED) is 0.363. The molecule has 0 fully saturated rings. The zero-order valence-corrected chi connectivity index (χ0v) is 13.9. The van der Waals surface area contributed by atoms with Crippen LogP contribution in [0.5, 0.6) is 17.2 Å². The van der Waals surface area contributed by atoms with Gasteiger partial charge in [0, 0.05) is 16.7 Å². The van der Waals surface area contributed by atoms with Gasteiger partial charge in [0.05, 0.1) is 19.3 Å². The van der Waals surface area contributed by atoms with Crippen molar-refractivity contribution < 1.29 is 29.3 Å². The van der Waals surface area contributed by atoms with Gasteiger partial charge in [0.25, 0.3) is 0 Å². The molecule has 0 unspecified atom stereocenters. The molecule has 0 aliphatic rings. The predicted octanol–water partition coefficient (Wildman–Crippen LogP) is 2.61. The molecule has 0 spiro atoms. The third-order valence-electron chi connectivity index (χ3n) is 3.48. The van der Waals surface area contributed by atoms with Crippen molar-refractivity contribution in [2.75, 3.05) is 7.11 Å². The first-order chi connectivity index (χ1) is 11.9. The number of benzene rings is 2. The van der Waals surface area contributed by atoms with Crippen LogP contribution < -0.4 is 9.47 Å². The van der Waals surface area contributed by atoms with Crippen LogP contribution in [-0.2, 0) is 11.4 Å². The van der Waals surface area contributed by atoms with Crippen molar-refractivity contribution in [2.45, 2.75) is 13.5 Å². The number of ether oxygens (including phenoxy) is 2. The number of phenols is 1. The number of carbonyl (C=O) groups excluding carboxylic acids is 2. The molecule has 2 aromatic carbocycles. The van der Waals surface area contributed by atoms with Gasteiger partial charge in [-0.3, -0.25) is 4.79 Å². The first-order valence-corrected chi connectivity index (χ1v) is 7.41. The van der Waals surface area contributed by atoms with Gasteiger partial charge in [-0.25, -0.2) is 4.79 Å². The Labute approximate surface area is 144 Å². The Morgan fingerprint density at radius 1 is 1.16 bits per heavy atom. The van der Waals surface area contributed by atoms with E-state index >= 15 is 0 Å². The molecular formula is C19H18O6. The molecule has 6 heteroatoms. The average molecular weight is 342 g/mol. The normalized spacial score (nSPS) is 10.2. The van der Waals surface area contributed by atoms with Gasteiger partial charge in [-0.2, -0.15) is 0 Å². The van der Waals surface area contributed by atoms with Gasteiger partial charge in [-0.05, 0) is 13.0 Å². The maximum atomic E-state index is 12.7. The van der Waals surface area contributed by atoms with Crippen molar-refractivity contribution >= 4 is 11.8 Å². The van der Waals surface area contributed by atoms with Gasteiger partial charge in [-0.1, -0.05) is 36.9 Å². The third kappa shape index (κ3) is 3.70. The molecule has 2 N–H and O–H groups in total. The minimum Gasteiger partial charge on any atom is -0.504 e. The van der Waals surface area contributed by atoms with E-state index in [1.54, 1.807) is 30.3 Å². The molecule has 0 radical (unpaired) electrons. The number of esters is 1. The van der Waals surface area contributed by atoms with Crippen LogP contribution in [0.2, 0.25) is 0 Å². The molecule has 130 valence electrons. The number of hydrogen-bond donors (Lipinski definition) is 2. The van der Waals surface area contributed by atoms with Crippen molar-refractivity contribution in [1.29, 1.82) is 0 Å². The number of methoxy groups -OCH3 is 1. The Bertz CT molecular complexity index is 824. The van der Waals surface area contributed by atoms with E-state index in [0.29, 0.717) is 5.56 Å². The Hall–Kier alpha value is -3.12. The number of ketones is 1. The minimum absolute atomic E-state index is 0.0285. The maximum Gasteiger partial charge on any atom is 0.338 e. The van der Waals surface area contributed by atoms with E-state index in [0.717, 1.165) is 0 Å². The fourth-order valence-corrected chi connectivity index (χ4v) is 2.22. The maximum absolute atomic E-state index is 12.7. The largest absolute Gasteiger partial charge is 0.504 e. The molecule has 25 heavy (non-hydrogen) atoms. The summed E-state index contributed by atoms with van der Waals surface area (Å²) in [7, 11) is 1.30. The van der Waals surface area contributed by atoms with Gasteiger partial charge in [0.2, 0.25) is 5.75 Å². The molecule has 0 heterocycles. The fourth-order valence-electron chi connectivity index (χ4n) is 2.22. The van der Waals surface area contributed by atoms with E-state index in [-0.39, 0.29) is 28.2 Å². The van der Waals surface area contributed by atoms with E-state index in [1.165, 1.54) is 20.1 Å². The summed E-state index contributed by atoms with van der Waals surface area (Å²) >= 11 is 0. The molecule has 2 aromatic rings. The first kappa shape index (κ1) is 18.2. The molecular weight excluding hydrogens is 324 g/mol. The summed E-state index contributed by atoms with van der Waals surface area (Å²) in [5, 5.41) is 20.0. The van der Waals surface area contributed by atoms with Crippen molar-refractivity contribution in [3.63, 3.8) is 0 Å². The van der Waals surface area contributed by atoms with Gasteiger partial charge in [0.15, 0.2) is 17.3 Å². The standard InChI is InChI=1S/C19H18O6/c1-11(2)19(23)25-18-16(22)14(9-13(10-20)17(18)24-3)15(21)12-7-5-4-6-8-12/h4-9,20,22H,1,10H2,2-3H3. The smallest absolute Gasteiger partial charge is 0.338 e. The lowest BCUT2D eigenvalue weighted by Gasteiger charge is -2.16.